The first-order valence-electron chi connectivity index (χ1n) is 7.52. The van der Waals surface area contributed by atoms with Gasteiger partial charge in [-0.25, -0.2) is 15.0 Å². The second-order valence-electron chi connectivity index (χ2n) is 5.56. The topological polar surface area (TPSA) is 75.9 Å². The standard InChI is InChI=1S/C15H20F3N5O/c1-4-11-21-10(2)9-12(22-11)19-6-5-14(24,15(16,17)18)13-20-7-8-23(13)3/h7-9,24H,4-6H2,1-3H3,(H,19,21,22)/t14-/m0/s1. The van der Waals surface area contributed by atoms with Crippen molar-refractivity contribution in [3.63, 3.8) is 0 Å². The lowest BCUT2D eigenvalue weighted by Gasteiger charge is -2.30. The third-order valence-corrected chi connectivity index (χ3v) is 3.67. The lowest BCUT2D eigenvalue weighted by molar-refractivity contribution is -0.271. The van der Waals surface area contributed by atoms with Crippen molar-refractivity contribution in [1.29, 1.82) is 0 Å². The van der Waals surface area contributed by atoms with Gasteiger partial charge in [0.15, 0.2) is 0 Å². The Bertz CT molecular complexity index is 701. The van der Waals surface area contributed by atoms with Crippen LogP contribution in [-0.4, -0.2) is 37.3 Å². The van der Waals surface area contributed by atoms with Crippen LogP contribution in [0.3, 0.4) is 0 Å². The molecular formula is C15H20F3N5O. The highest BCUT2D eigenvalue weighted by atomic mass is 19.4. The van der Waals surface area contributed by atoms with Crippen LogP contribution >= 0.6 is 0 Å². The molecule has 24 heavy (non-hydrogen) atoms. The Balaban J connectivity index is 2.15. The van der Waals surface area contributed by atoms with E-state index < -0.39 is 24.0 Å². The Morgan fingerprint density at radius 2 is 2.00 bits per heavy atom. The Labute approximate surface area is 137 Å². The van der Waals surface area contributed by atoms with Gasteiger partial charge in [0.2, 0.25) is 5.60 Å². The van der Waals surface area contributed by atoms with Crippen LogP contribution in [0.2, 0.25) is 0 Å². The van der Waals surface area contributed by atoms with Gasteiger partial charge in [-0.3, -0.25) is 0 Å². The van der Waals surface area contributed by atoms with E-state index in [0.29, 0.717) is 18.1 Å². The Morgan fingerprint density at radius 1 is 1.29 bits per heavy atom. The highest BCUT2D eigenvalue weighted by Gasteiger charge is 2.57. The molecule has 1 atom stereocenters. The van der Waals surface area contributed by atoms with Crippen molar-refractivity contribution in [1.82, 2.24) is 19.5 Å². The molecule has 0 aromatic carbocycles. The van der Waals surface area contributed by atoms with Crippen molar-refractivity contribution in [2.45, 2.75) is 38.5 Å². The molecule has 2 N–H and O–H groups in total. The van der Waals surface area contributed by atoms with Crippen molar-refractivity contribution < 1.29 is 18.3 Å². The summed E-state index contributed by atoms with van der Waals surface area (Å²) in [7, 11) is 1.41. The molecule has 0 aliphatic heterocycles. The van der Waals surface area contributed by atoms with E-state index in [-0.39, 0.29) is 6.54 Å². The summed E-state index contributed by atoms with van der Waals surface area (Å²) in [5, 5.41) is 13.1. The summed E-state index contributed by atoms with van der Waals surface area (Å²) in [4.78, 5) is 12.1. The molecule has 0 saturated carbocycles. The third kappa shape index (κ3) is 3.66. The summed E-state index contributed by atoms with van der Waals surface area (Å²) in [5.74, 6) is 0.598. The number of anilines is 1. The van der Waals surface area contributed by atoms with Gasteiger partial charge in [-0.2, -0.15) is 13.2 Å². The van der Waals surface area contributed by atoms with Crippen LogP contribution in [0.1, 0.15) is 30.7 Å². The monoisotopic (exact) mass is 343 g/mol. The predicted octanol–water partition coefficient (Wildman–Crippen LogP) is 2.33. The van der Waals surface area contributed by atoms with E-state index in [1.807, 2.05) is 6.92 Å². The van der Waals surface area contributed by atoms with Crippen LogP contribution in [0.4, 0.5) is 19.0 Å². The quantitative estimate of drug-likeness (QED) is 0.842. The van der Waals surface area contributed by atoms with Crippen molar-refractivity contribution in [2.24, 2.45) is 7.05 Å². The molecule has 0 spiro atoms. The maximum Gasteiger partial charge on any atom is 0.424 e. The van der Waals surface area contributed by atoms with Crippen LogP contribution in [0.15, 0.2) is 18.5 Å². The zero-order chi connectivity index (χ0) is 18.0. The largest absolute Gasteiger partial charge is 0.424 e. The number of hydrogen-bond acceptors (Lipinski definition) is 5. The van der Waals surface area contributed by atoms with Crippen LogP contribution in [-0.2, 0) is 19.1 Å². The average Bonchev–Trinajstić information content (AvgIpc) is 2.92. The first kappa shape index (κ1) is 18.2. The second-order valence-corrected chi connectivity index (χ2v) is 5.56. The summed E-state index contributed by atoms with van der Waals surface area (Å²) in [5.41, 5.74) is -2.31. The lowest BCUT2D eigenvalue weighted by atomic mass is 9.97. The van der Waals surface area contributed by atoms with E-state index >= 15 is 0 Å². The second kappa shape index (κ2) is 6.76. The van der Waals surface area contributed by atoms with Gasteiger partial charge >= 0.3 is 6.18 Å². The highest BCUT2D eigenvalue weighted by Crippen LogP contribution is 2.40. The number of aromatic nitrogens is 4. The maximum atomic E-state index is 13.4. The molecule has 2 heterocycles. The molecule has 0 aliphatic carbocycles. The Hall–Kier alpha value is -2.16. The maximum absolute atomic E-state index is 13.4. The molecule has 2 aromatic rings. The SMILES string of the molecule is CCc1nc(C)cc(NCC[C@](O)(c2nccn2C)C(F)(F)F)n1. The molecule has 0 radical (unpaired) electrons. The van der Waals surface area contributed by atoms with Gasteiger partial charge < -0.3 is 15.0 Å². The van der Waals surface area contributed by atoms with E-state index in [0.717, 1.165) is 10.3 Å². The Morgan fingerprint density at radius 3 is 2.54 bits per heavy atom. The normalized spacial score (nSPS) is 14.5. The first-order valence-corrected chi connectivity index (χ1v) is 7.52. The summed E-state index contributed by atoms with van der Waals surface area (Å²) in [6, 6.07) is 1.65. The number of halogens is 3. The van der Waals surface area contributed by atoms with Gasteiger partial charge in [0.05, 0.1) is 0 Å². The van der Waals surface area contributed by atoms with Gasteiger partial charge in [-0.05, 0) is 6.92 Å². The van der Waals surface area contributed by atoms with Crippen molar-refractivity contribution >= 4 is 5.82 Å². The minimum absolute atomic E-state index is 0.123. The number of aryl methyl sites for hydroxylation is 3. The van der Waals surface area contributed by atoms with Gasteiger partial charge in [0, 0.05) is 50.6 Å². The molecule has 6 nitrogen and oxygen atoms in total. The van der Waals surface area contributed by atoms with E-state index in [9.17, 15) is 18.3 Å². The van der Waals surface area contributed by atoms with Crippen molar-refractivity contribution in [3.05, 3.63) is 35.8 Å². The summed E-state index contributed by atoms with van der Waals surface area (Å²) in [6.07, 6.45) is -2.23. The number of aliphatic hydroxyl groups is 1. The molecule has 0 aliphatic rings. The number of rotatable bonds is 6. The summed E-state index contributed by atoms with van der Waals surface area (Å²) < 4.78 is 41.4. The molecule has 9 heteroatoms. The van der Waals surface area contributed by atoms with E-state index in [1.54, 1.807) is 13.0 Å². The van der Waals surface area contributed by atoms with Crippen LogP contribution in [0, 0.1) is 6.92 Å². The zero-order valence-electron chi connectivity index (χ0n) is 13.7. The fraction of sp³-hybridized carbons (Fsp3) is 0.533. The molecule has 2 rings (SSSR count). The van der Waals surface area contributed by atoms with E-state index in [1.165, 1.54) is 19.4 Å². The fourth-order valence-electron chi connectivity index (χ4n) is 2.39. The predicted molar refractivity (Wildman–Crippen MR) is 82.4 cm³/mol. The number of nitrogens with zero attached hydrogens (tertiary/aromatic N) is 4. The van der Waals surface area contributed by atoms with Gasteiger partial charge in [-0.1, -0.05) is 6.92 Å². The average molecular weight is 343 g/mol. The van der Waals surface area contributed by atoms with E-state index in [2.05, 4.69) is 20.3 Å². The zero-order valence-corrected chi connectivity index (χ0v) is 13.7. The first-order chi connectivity index (χ1) is 11.2. The molecule has 0 unspecified atom stereocenters. The number of imidazole rings is 1. The minimum atomic E-state index is -4.84. The minimum Gasteiger partial charge on any atom is -0.374 e. The smallest absolute Gasteiger partial charge is 0.374 e. The van der Waals surface area contributed by atoms with Crippen LogP contribution < -0.4 is 5.32 Å². The molecular weight excluding hydrogens is 323 g/mol. The number of hydrogen-bond donors (Lipinski definition) is 2. The Kier molecular flexibility index (Phi) is 5.12. The number of nitrogens with one attached hydrogen (secondary N) is 1. The van der Waals surface area contributed by atoms with Gasteiger partial charge in [-0.15, -0.1) is 0 Å². The van der Waals surface area contributed by atoms with Gasteiger partial charge in [0.25, 0.3) is 0 Å². The highest BCUT2D eigenvalue weighted by molar-refractivity contribution is 5.35. The van der Waals surface area contributed by atoms with Crippen LogP contribution in [0.25, 0.3) is 0 Å². The third-order valence-electron chi connectivity index (χ3n) is 3.67. The van der Waals surface area contributed by atoms with E-state index in [4.69, 9.17) is 0 Å². The van der Waals surface area contributed by atoms with Crippen LogP contribution in [0.5, 0.6) is 0 Å². The molecule has 0 bridgehead atoms. The van der Waals surface area contributed by atoms with Crippen molar-refractivity contribution in [3.8, 4) is 0 Å². The fourth-order valence-corrected chi connectivity index (χ4v) is 2.39. The molecule has 0 amide bonds. The molecule has 132 valence electrons. The lowest BCUT2D eigenvalue weighted by Crippen LogP contribution is -2.45. The molecule has 0 fully saturated rings. The molecule has 0 saturated heterocycles. The number of alkyl halides is 3. The van der Waals surface area contributed by atoms with Gasteiger partial charge in [0.1, 0.15) is 17.5 Å². The molecule has 2 aromatic heterocycles. The summed E-state index contributed by atoms with van der Waals surface area (Å²) in [6.45, 7) is 3.55. The van der Waals surface area contributed by atoms with Crippen molar-refractivity contribution in [2.75, 3.05) is 11.9 Å². The summed E-state index contributed by atoms with van der Waals surface area (Å²) >= 11 is 0.